The molecule has 1 fully saturated rings. The van der Waals surface area contributed by atoms with Gasteiger partial charge in [-0.05, 0) is 95.7 Å². The summed E-state index contributed by atoms with van der Waals surface area (Å²) in [6, 6.07) is 18.7. The number of hydrogen-bond acceptors (Lipinski definition) is 6. The van der Waals surface area contributed by atoms with E-state index >= 15 is 4.39 Å². The van der Waals surface area contributed by atoms with E-state index in [4.69, 9.17) is 14.2 Å². The van der Waals surface area contributed by atoms with Crippen LogP contribution in [0.3, 0.4) is 0 Å². The first-order valence-electron chi connectivity index (χ1n) is 16.2. The summed E-state index contributed by atoms with van der Waals surface area (Å²) < 4.78 is 33.1. The molecule has 0 aromatic heterocycles. The van der Waals surface area contributed by atoms with Gasteiger partial charge >= 0.3 is 12.1 Å². The van der Waals surface area contributed by atoms with Gasteiger partial charge in [-0.2, -0.15) is 0 Å². The van der Waals surface area contributed by atoms with Gasteiger partial charge in [-0.25, -0.2) is 9.18 Å². The topological polar surface area (TPSA) is 77.1 Å². The number of nitrogens with zero attached hydrogens (tertiary/aromatic N) is 1. The van der Waals surface area contributed by atoms with Gasteiger partial charge < -0.3 is 24.4 Å². The molecule has 4 rings (SSSR count). The highest BCUT2D eigenvalue weighted by atomic mass is 19.1. The van der Waals surface area contributed by atoms with E-state index in [-0.39, 0.29) is 25.5 Å². The molecule has 0 radical (unpaired) electrons. The Kier molecular flexibility index (Phi) is 11.4. The minimum Gasteiger partial charge on any atom is -0.489 e. The predicted octanol–water partition coefficient (Wildman–Crippen LogP) is 8.61. The Balaban J connectivity index is 1.60. The van der Waals surface area contributed by atoms with Crippen LogP contribution >= 0.6 is 0 Å². The first-order chi connectivity index (χ1) is 21.7. The molecule has 3 aromatic carbocycles. The Morgan fingerprint density at radius 2 is 1.57 bits per heavy atom. The smallest absolute Gasteiger partial charge is 0.407 e. The van der Waals surface area contributed by atoms with E-state index in [1.807, 2.05) is 57.2 Å². The number of carbonyl (C=O) groups excluding carboxylic acids is 2. The minimum atomic E-state index is -0.649. The molecule has 0 heterocycles. The van der Waals surface area contributed by atoms with Gasteiger partial charge in [0, 0.05) is 42.5 Å². The second-order valence-corrected chi connectivity index (χ2v) is 14.2. The third-order valence-electron chi connectivity index (χ3n) is 7.76. The van der Waals surface area contributed by atoms with Crippen molar-refractivity contribution in [2.75, 3.05) is 18.5 Å². The average Bonchev–Trinajstić information content (AvgIpc) is 3.47. The number of hydrogen-bond donors (Lipinski definition) is 1. The number of para-hydroxylation sites is 1. The summed E-state index contributed by atoms with van der Waals surface area (Å²) in [6.45, 7) is 12.0. The van der Waals surface area contributed by atoms with E-state index < -0.39 is 23.1 Å². The number of ether oxygens (including phenoxy) is 3. The highest BCUT2D eigenvalue weighted by molar-refractivity contribution is 5.74. The second-order valence-electron chi connectivity index (χ2n) is 14.2. The van der Waals surface area contributed by atoms with Crippen molar-refractivity contribution in [2.45, 2.75) is 98.0 Å². The third-order valence-corrected chi connectivity index (χ3v) is 7.76. The lowest BCUT2D eigenvalue weighted by Crippen LogP contribution is -2.32. The second kappa shape index (κ2) is 15.0. The molecule has 0 spiro atoms. The number of anilines is 1. The summed E-state index contributed by atoms with van der Waals surface area (Å²) >= 11 is 0. The SMILES string of the molecule is CN(CC1CCCC1)c1cc(COc2ccccc2CC(=O)OC(C)(C)C)cc(-c2cccc(CNC(=O)OC(C)(C)C)c2F)c1. The van der Waals surface area contributed by atoms with Crippen LogP contribution in [0.1, 0.15) is 83.9 Å². The number of esters is 1. The molecule has 7 nitrogen and oxygen atoms in total. The highest BCUT2D eigenvalue weighted by Gasteiger charge is 2.21. The van der Waals surface area contributed by atoms with Crippen LogP contribution in [0.2, 0.25) is 0 Å². The molecular weight excluding hydrogens is 583 g/mol. The first-order valence-corrected chi connectivity index (χ1v) is 16.2. The van der Waals surface area contributed by atoms with Crippen molar-refractivity contribution in [3.8, 4) is 16.9 Å². The molecule has 0 saturated heterocycles. The van der Waals surface area contributed by atoms with E-state index in [1.54, 1.807) is 39.0 Å². The van der Waals surface area contributed by atoms with Crippen LogP contribution in [0.4, 0.5) is 14.9 Å². The standard InChI is InChI=1S/C38H49FN2O5/c1-37(2,3)45-34(42)22-28-15-10-11-18-33(28)44-25-27-19-30(21-31(20-27)41(7)24-26-13-8-9-14-26)32-17-12-16-29(35(32)39)23-40-36(43)46-38(4,5)6/h10-12,15-21,26H,8-9,13-14,22-25H2,1-7H3,(H,40,43). The monoisotopic (exact) mass is 632 g/mol. The molecule has 1 aliphatic rings. The van der Waals surface area contributed by atoms with Crippen LogP contribution in [0.25, 0.3) is 11.1 Å². The Bertz CT molecular complexity index is 1500. The molecule has 0 atom stereocenters. The average molecular weight is 633 g/mol. The van der Waals surface area contributed by atoms with Crippen LogP contribution in [-0.4, -0.2) is 36.9 Å². The summed E-state index contributed by atoms with van der Waals surface area (Å²) in [7, 11) is 2.08. The van der Waals surface area contributed by atoms with Gasteiger partial charge in [0.15, 0.2) is 0 Å². The number of halogens is 1. The largest absolute Gasteiger partial charge is 0.489 e. The summed E-state index contributed by atoms with van der Waals surface area (Å²) in [5.74, 6) is 0.509. The van der Waals surface area contributed by atoms with E-state index in [2.05, 4.69) is 23.3 Å². The van der Waals surface area contributed by atoms with Crippen molar-refractivity contribution in [3.63, 3.8) is 0 Å². The van der Waals surface area contributed by atoms with Crippen molar-refractivity contribution in [2.24, 2.45) is 5.92 Å². The maximum absolute atomic E-state index is 16.0. The Morgan fingerprint density at radius 3 is 2.26 bits per heavy atom. The van der Waals surface area contributed by atoms with Crippen molar-refractivity contribution >= 4 is 17.7 Å². The number of rotatable bonds is 11. The minimum absolute atomic E-state index is 0.000259. The third kappa shape index (κ3) is 10.5. The number of alkyl carbamates (subject to hydrolysis) is 1. The summed E-state index contributed by atoms with van der Waals surface area (Å²) in [5, 5.41) is 2.66. The molecule has 0 unspecified atom stereocenters. The van der Waals surface area contributed by atoms with Gasteiger partial charge in [0.1, 0.15) is 29.4 Å². The lowest BCUT2D eigenvalue weighted by atomic mass is 9.98. The van der Waals surface area contributed by atoms with Crippen LogP contribution < -0.4 is 15.0 Å². The molecule has 1 amide bonds. The molecule has 3 aromatic rings. The zero-order chi connectivity index (χ0) is 33.5. The fraction of sp³-hybridized carbons (Fsp3) is 0.474. The quantitative estimate of drug-likeness (QED) is 0.213. The molecular formula is C38H49FN2O5. The lowest BCUT2D eigenvalue weighted by Gasteiger charge is -2.25. The molecule has 1 aliphatic carbocycles. The maximum Gasteiger partial charge on any atom is 0.407 e. The lowest BCUT2D eigenvalue weighted by molar-refractivity contribution is -0.153. The summed E-state index contributed by atoms with van der Waals surface area (Å²) in [5.41, 5.74) is 2.87. The van der Waals surface area contributed by atoms with Crippen LogP contribution in [0.5, 0.6) is 5.75 Å². The molecule has 46 heavy (non-hydrogen) atoms. The molecule has 8 heteroatoms. The van der Waals surface area contributed by atoms with Crippen molar-refractivity contribution < 1.29 is 28.2 Å². The van der Waals surface area contributed by atoms with Gasteiger partial charge in [0.25, 0.3) is 0 Å². The zero-order valence-electron chi connectivity index (χ0n) is 28.4. The van der Waals surface area contributed by atoms with Crippen LogP contribution in [0.15, 0.2) is 60.7 Å². The molecule has 0 aliphatic heterocycles. The van der Waals surface area contributed by atoms with Gasteiger partial charge in [0.2, 0.25) is 0 Å². The number of amides is 1. The maximum atomic E-state index is 16.0. The molecule has 248 valence electrons. The fourth-order valence-corrected chi connectivity index (χ4v) is 5.72. The predicted molar refractivity (Wildman–Crippen MR) is 180 cm³/mol. The van der Waals surface area contributed by atoms with Crippen molar-refractivity contribution in [1.82, 2.24) is 5.32 Å². The number of nitrogens with one attached hydrogen (secondary N) is 1. The number of benzene rings is 3. The normalized spacial score (nSPS) is 13.7. The van der Waals surface area contributed by atoms with E-state index in [0.29, 0.717) is 28.4 Å². The van der Waals surface area contributed by atoms with Crippen molar-refractivity contribution in [1.29, 1.82) is 0 Å². The van der Waals surface area contributed by atoms with E-state index in [0.717, 1.165) is 23.4 Å². The Morgan fingerprint density at radius 1 is 0.891 bits per heavy atom. The molecule has 1 N–H and O–H groups in total. The zero-order valence-corrected chi connectivity index (χ0v) is 28.4. The first kappa shape index (κ1) is 34.8. The fourth-order valence-electron chi connectivity index (χ4n) is 5.72. The van der Waals surface area contributed by atoms with Gasteiger partial charge in [0.05, 0.1) is 6.42 Å². The highest BCUT2D eigenvalue weighted by Crippen LogP contribution is 2.33. The molecule has 1 saturated carbocycles. The van der Waals surface area contributed by atoms with Crippen LogP contribution in [-0.2, 0) is 33.8 Å². The Labute approximate surface area is 273 Å². The van der Waals surface area contributed by atoms with E-state index in [1.165, 1.54) is 25.7 Å². The number of carbonyl (C=O) groups is 2. The van der Waals surface area contributed by atoms with Gasteiger partial charge in [-0.3, -0.25) is 4.79 Å². The van der Waals surface area contributed by atoms with Crippen molar-refractivity contribution in [3.05, 3.63) is 83.2 Å². The van der Waals surface area contributed by atoms with E-state index in [9.17, 15) is 9.59 Å². The van der Waals surface area contributed by atoms with Gasteiger partial charge in [-0.1, -0.05) is 49.2 Å². The van der Waals surface area contributed by atoms with Crippen LogP contribution in [0, 0.1) is 11.7 Å². The Hall–Kier alpha value is -4.07. The molecule has 0 bridgehead atoms. The summed E-state index contributed by atoms with van der Waals surface area (Å²) in [4.78, 5) is 27.1. The van der Waals surface area contributed by atoms with Gasteiger partial charge in [-0.15, -0.1) is 0 Å². The summed E-state index contributed by atoms with van der Waals surface area (Å²) in [6.07, 6.45) is 4.45.